The number of hydrogen-bond acceptors (Lipinski definition) is 5. The van der Waals surface area contributed by atoms with Gasteiger partial charge < -0.3 is 15.3 Å². The molecule has 0 aliphatic carbocycles. The first-order chi connectivity index (χ1) is 8.06. The molecule has 2 atom stereocenters. The summed E-state index contributed by atoms with van der Waals surface area (Å²) in [7, 11) is 0. The number of oxazole rings is 1. The van der Waals surface area contributed by atoms with Gasteiger partial charge in [-0.05, 0) is 6.42 Å². The average molecular weight is 239 g/mol. The molecule has 5 nitrogen and oxygen atoms in total. The Morgan fingerprint density at radius 2 is 2.41 bits per heavy atom. The Balaban J connectivity index is 1.92. The van der Waals surface area contributed by atoms with Crippen LogP contribution in [0.5, 0.6) is 0 Å². The van der Waals surface area contributed by atoms with Crippen molar-refractivity contribution in [2.45, 2.75) is 44.9 Å². The Labute approximate surface area is 102 Å². The zero-order chi connectivity index (χ0) is 12.4. The number of aliphatic hydroxyl groups is 1. The lowest BCUT2D eigenvalue weighted by Crippen LogP contribution is -2.50. The minimum atomic E-state index is -0.430. The van der Waals surface area contributed by atoms with Crippen molar-refractivity contribution in [3.8, 4) is 0 Å². The predicted octanol–water partition coefficient (Wildman–Crippen LogP) is 0.692. The lowest BCUT2D eigenvalue weighted by molar-refractivity contribution is 0.0493. The molecule has 1 aromatic heterocycles. The van der Waals surface area contributed by atoms with Gasteiger partial charge in [0.1, 0.15) is 6.26 Å². The van der Waals surface area contributed by atoms with E-state index in [9.17, 15) is 5.11 Å². The summed E-state index contributed by atoms with van der Waals surface area (Å²) in [6.45, 7) is 6.35. The van der Waals surface area contributed by atoms with Crippen molar-refractivity contribution in [3.63, 3.8) is 0 Å². The molecule has 0 unspecified atom stereocenters. The van der Waals surface area contributed by atoms with E-state index >= 15 is 0 Å². The third kappa shape index (κ3) is 3.06. The monoisotopic (exact) mass is 239 g/mol. The molecule has 5 heteroatoms. The minimum Gasteiger partial charge on any atom is -0.448 e. The molecule has 1 saturated heterocycles. The van der Waals surface area contributed by atoms with Crippen LogP contribution < -0.4 is 5.73 Å². The van der Waals surface area contributed by atoms with E-state index < -0.39 is 6.10 Å². The summed E-state index contributed by atoms with van der Waals surface area (Å²) in [5.41, 5.74) is 6.69. The zero-order valence-corrected chi connectivity index (χ0v) is 10.5. The van der Waals surface area contributed by atoms with E-state index in [0.29, 0.717) is 12.5 Å². The molecule has 17 heavy (non-hydrogen) atoms. The summed E-state index contributed by atoms with van der Waals surface area (Å²) in [4.78, 5) is 6.59. The molecule has 1 aliphatic rings. The summed E-state index contributed by atoms with van der Waals surface area (Å²) < 4.78 is 5.39. The number of aromatic nitrogens is 1. The van der Waals surface area contributed by atoms with Gasteiger partial charge in [0.25, 0.3) is 0 Å². The predicted molar refractivity (Wildman–Crippen MR) is 64.5 cm³/mol. The topological polar surface area (TPSA) is 75.5 Å². The summed E-state index contributed by atoms with van der Waals surface area (Å²) in [6.07, 6.45) is 2.10. The van der Waals surface area contributed by atoms with Crippen molar-refractivity contribution in [2.75, 3.05) is 13.1 Å². The lowest BCUT2D eigenvalue weighted by Gasteiger charge is -2.33. The first-order valence-corrected chi connectivity index (χ1v) is 6.16. The molecule has 1 fully saturated rings. The van der Waals surface area contributed by atoms with Crippen LogP contribution in [0.2, 0.25) is 0 Å². The van der Waals surface area contributed by atoms with E-state index in [1.165, 1.54) is 0 Å². The molecule has 2 heterocycles. The second kappa shape index (κ2) is 5.16. The minimum absolute atomic E-state index is 0.0882. The Hall–Kier alpha value is -0.910. The smallest absolute Gasteiger partial charge is 0.196 e. The van der Waals surface area contributed by atoms with Crippen molar-refractivity contribution in [3.05, 3.63) is 17.8 Å². The quantitative estimate of drug-likeness (QED) is 0.811. The molecule has 0 saturated carbocycles. The molecular weight excluding hydrogens is 218 g/mol. The molecule has 0 spiro atoms. The van der Waals surface area contributed by atoms with Crippen molar-refractivity contribution in [1.82, 2.24) is 9.88 Å². The zero-order valence-electron chi connectivity index (χ0n) is 10.5. The molecule has 1 aromatic rings. The summed E-state index contributed by atoms with van der Waals surface area (Å²) in [5, 5.41) is 9.71. The van der Waals surface area contributed by atoms with Crippen molar-refractivity contribution in [2.24, 2.45) is 5.73 Å². The van der Waals surface area contributed by atoms with Crippen LogP contribution in [0.4, 0.5) is 0 Å². The maximum atomic E-state index is 9.71. The molecule has 0 radical (unpaired) electrons. The Morgan fingerprint density at radius 1 is 1.65 bits per heavy atom. The number of hydrogen-bond donors (Lipinski definition) is 2. The van der Waals surface area contributed by atoms with E-state index in [2.05, 4.69) is 23.7 Å². The first kappa shape index (κ1) is 12.5. The number of nitrogens with two attached hydrogens (primary N) is 1. The lowest BCUT2D eigenvalue weighted by atomic mass is 10.0. The van der Waals surface area contributed by atoms with Gasteiger partial charge in [-0.2, -0.15) is 0 Å². The van der Waals surface area contributed by atoms with Gasteiger partial charge in [0, 0.05) is 31.6 Å². The highest BCUT2D eigenvalue weighted by Gasteiger charge is 2.25. The fraction of sp³-hybridized carbons (Fsp3) is 0.750. The SMILES string of the molecule is CC(C)c1nc(CN2CC[C@@H](N)[C@H](O)C2)co1. The molecule has 2 rings (SSSR count). The fourth-order valence-electron chi connectivity index (χ4n) is 2.05. The van der Waals surface area contributed by atoms with E-state index in [4.69, 9.17) is 10.2 Å². The van der Waals surface area contributed by atoms with Crippen LogP contribution >= 0.6 is 0 Å². The van der Waals surface area contributed by atoms with Gasteiger partial charge in [0.15, 0.2) is 5.89 Å². The molecule has 3 N–H and O–H groups in total. The maximum Gasteiger partial charge on any atom is 0.196 e. The summed E-state index contributed by atoms with van der Waals surface area (Å²) in [5.74, 6) is 1.08. The number of β-amino-alcohol motifs (C(OH)–C–C–N with tert-alkyl or cyclic N) is 1. The average Bonchev–Trinajstić information content (AvgIpc) is 2.72. The van der Waals surface area contributed by atoms with Crippen LogP contribution in [-0.4, -0.2) is 40.2 Å². The van der Waals surface area contributed by atoms with Crippen molar-refractivity contribution < 1.29 is 9.52 Å². The summed E-state index contributed by atoms with van der Waals surface area (Å²) >= 11 is 0. The van der Waals surface area contributed by atoms with Crippen LogP contribution in [0.3, 0.4) is 0 Å². The van der Waals surface area contributed by atoms with Gasteiger partial charge in [0.05, 0.1) is 11.8 Å². The molecule has 0 bridgehead atoms. The second-order valence-corrected chi connectivity index (χ2v) is 5.09. The highest BCUT2D eigenvalue weighted by Crippen LogP contribution is 2.16. The second-order valence-electron chi connectivity index (χ2n) is 5.09. The first-order valence-electron chi connectivity index (χ1n) is 6.16. The van der Waals surface area contributed by atoms with E-state index in [0.717, 1.165) is 31.1 Å². The third-order valence-electron chi connectivity index (χ3n) is 3.17. The third-order valence-corrected chi connectivity index (χ3v) is 3.17. The van der Waals surface area contributed by atoms with Gasteiger partial charge in [0.2, 0.25) is 0 Å². The van der Waals surface area contributed by atoms with Crippen LogP contribution in [-0.2, 0) is 6.54 Å². The molecule has 1 aliphatic heterocycles. The normalized spacial score (nSPS) is 26.6. The van der Waals surface area contributed by atoms with Gasteiger partial charge >= 0.3 is 0 Å². The Morgan fingerprint density at radius 3 is 3.00 bits per heavy atom. The number of nitrogens with zero attached hydrogens (tertiary/aromatic N) is 2. The standard InChI is InChI=1S/C12H21N3O2/c1-8(2)12-14-9(7-17-12)5-15-4-3-10(13)11(16)6-15/h7-8,10-11,16H,3-6,13H2,1-2H3/t10-,11-/m1/s1. The van der Waals surface area contributed by atoms with Gasteiger partial charge in [-0.25, -0.2) is 4.98 Å². The van der Waals surface area contributed by atoms with Crippen LogP contribution in [0, 0.1) is 0 Å². The molecule has 0 aromatic carbocycles. The highest BCUT2D eigenvalue weighted by atomic mass is 16.3. The maximum absolute atomic E-state index is 9.71. The highest BCUT2D eigenvalue weighted by molar-refractivity contribution is 5.00. The van der Waals surface area contributed by atoms with Gasteiger partial charge in [-0.15, -0.1) is 0 Å². The molecular formula is C12H21N3O2. The number of rotatable bonds is 3. The van der Waals surface area contributed by atoms with Crippen molar-refractivity contribution in [1.29, 1.82) is 0 Å². The van der Waals surface area contributed by atoms with Crippen LogP contribution in [0.1, 0.15) is 37.8 Å². The van der Waals surface area contributed by atoms with Crippen LogP contribution in [0.25, 0.3) is 0 Å². The number of piperidine rings is 1. The molecule has 96 valence electrons. The van der Waals surface area contributed by atoms with E-state index in [-0.39, 0.29) is 6.04 Å². The van der Waals surface area contributed by atoms with Crippen LogP contribution in [0.15, 0.2) is 10.7 Å². The van der Waals surface area contributed by atoms with E-state index in [1.807, 2.05) is 0 Å². The summed E-state index contributed by atoms with van der Waals surface area (Å²) in [6, 6.07) is -0.0882. The van der Waals surface area contributed by atoms with Gasteiger partial charge in [-0.3, -0.25) is 4.90 Å². The number of likely N-dealkylation sites (tertiary alicyclic amines) is 1. The van der Waals surface area contributed by atoms with Gasteiger partial charge in [-0.1, -0.05) is 13.8 Å². The fourth-order valence-corrected chi connectivity index (χ4v) is 2.05. The Bertz CT molecular complexity index is 364. The largest absolute Gasteiger partial charge is 0.448 e. The van der Waals surface area contributed by atoms with E-state index in [1.54, 1.807) is 6.26 Å². The molecule has 0 amide bonds. The van der Waals surface area contributed by atoms with Crippen molar-refractivity contribution >= 4 is 0 Å². The Kier molecular flexibility index (Phi) is 3.81. The number of aliphatic hydroxyl groups excluding tert-OH is 1.